The molecule has 0 fully saturated rings. The van der Waals surface area contributed by atoms with E-state index in [9.17, 15) is 9.59 Å². The summed E-state index contributed by atoms with van der Waals surface area (Å²) >= 11 is 0. The highest BCUT2D eigenvalue weighted by Crippen LogP contribution is 2.24. The third-order valence-corrected chi connectivity index (χ3v) is 2.91. The van der Waals surface area contributed by atoms with Crippen molar-refractivity contribution in [3.8, 4) is 5.75 Å². The molecule has 1 atom stereocenters. The van der Waals surface area contributed by atoms with Crippen LogP contribution >= 0.6 is 0 Å². The van der Waals surface area contributed by atoms with Gasteiger partial charge in [0.05, 0.1) is 13.2 Å². The lowest BCUT2D eigenvalue weighted by atomic mass is 9.97. The topological polar surface area (TPSA) is 64.6 Å². The summed E-state index contributed by atoms with van der Waals surface area (Å²) in [4.78, 5) is 23.6. The molecule has 0 saturated heterocycles. The van der Waals surface area contributed by atoms with Crippen LogP contribution in [-0.4, -0.2) is 24.6 Å². The standard InChI is InChI=1S/C17H23NO4/c1-11(12(2)19)15(18-16(20)22-17(3,4)5)13-7-9-14(21-6)10-8-13/h7-10,15H,1H2,2-6H3,(H,18,20)/t15-/m1/s1. The van der Waals surface area contributed by atoms with Crippen LogP contribution in [0, 0.1) is 0 Å². The summed E-state index contributed by atoms with van der Waals surface area (Å²) in [5, 5.41) is 2.69. The van der Waals surface area contributed by atoms with Gasteiger partial charge in [0.2, 0.25) is 0 Å². The van der Waals surface area contributed by atoms with E-state index < -0.39 is 17.7 Å². The maximum atomic E-state index is 12.0. The second kappa shape index (κ2) is 7.11. The summed E-state index contributed by atoms with van der Waals surface area (Å²) in [5.74, 6) is 0.491. The van der Waals surface area contributed by atoms with Crippen LogP contribution in [-0.2, 0) is 9.53 Å². The van der Waals surface area contributed by atoms with Gasteiger partial charge in [0, 0.05) is 5.57 Å². The van der Waals surface area contributed by atoms with Gasteiger partial charge in [-0.15, -0.1) is 0 Å². The Hall–Kier alpha value is -2.30. The van der Waals surface area contributed by atoms with Crippen molar-refractivity contribution in [3.05, 3.63) is 42.0 Å². The molecule has 0 saturated carbocycles. The van der Waals surface area contributed by atoms with E-state index >= 15 is 0 Å². The van der Waals surface area contributed by atoms with Gasteiger partial charge in [-0.3, -0.25) is 4.79 Å². The Morgan fingerprint density at radius 2 is 1.73 bits per heavy atom. The minimum absolute atomic E-state index is 0.197. The van der Waals surface area contributed by atoms with E-state index in [0.29, 0.717) is 5.75 Å². The van der Waals surface area contributed by atoms with E-state index in [-0.39, 0.29) is 11.4 Å². The first-order valence-electron chi connectivity index (χ1n) is 6.97. The second-order valence-electron chi connectivity index (χ2n) is 5.93. The predicted molar refractivity (Wildman–Crippen MR) is 84.9 cm³/mol. The lowest BCUT2D eigenvalue weighted by molar-refractivity contribution is -0.113. The Kier molecular flexibility index (Phi) is 5.74. The molecule has 1 N–H and O–H groups in total. The molecule has 0 aromatic heterocycles. The van der Waals surface area contributed by atoms with Gasteiger partial charge in [0.1, 0.15) is 11.4 Å². The van der Waals surface area contributed by atoms with Crippen LogP contribution < -0.4 is 10.1 Å². The smallest absolute Gasteiger partial charge is 0.408 e. The lowest BCUT2D eigenvalue weighted by Gasteiger charge is -2.24. The van der Waals surface area contributed by atoms with Crippen molar-refractivity contribution >= 4 is 11.9 Å². The number of carbonyl (C=O) groups excluding carboxylic acids is 2. The molecule has 0 unspecified atom stereocenters. The van der Waals surface area contributed by atoms with E-state index in [2.05, 4.69) is 11.9 Å². The van der Waals surface area contributed by atoms with E-state index in [1.807, 2.05) is 0 Å². The average Bonchev–Trinajstić information content (AvgIpc) is 2.42. The minimum atomic E-state index is -0.641. The van der Waals surface area contributed by atoms with Crippen molar-refractivity contribution < 1.29 is 19.1 Å². The number of rotatable bonds is 5. The summed E-state index contributed by atoms with van der Waals surface area (Å²) in [7, 11) is 1.57. The van der Waals surface area contributed by atoms with Crippen molar-refractivity contribution in [2.24, 2.45) is 0 Å². The Balaban J connectivity index is 3.00. The minimum Gasteiger partial charge on any atom is -0.497 e. The molecular formula is C17H23NO4. The third-order valence-electron chi connectivity index (χ3n) is 2.91. The van der Waals surface area contributed by atoms with E-state index in [4.69, 9.17) is 9.47 Å². The zero-order valence-electron chi connectivity index (χ0n) is 13.7. The van der Waals surface area contributed by atoms with Gasteiger partial charge in [0.25, 0.3) is 0 Å². The molecule has 22 heavy (non-hydrogen) atoms. The van der Waals surface area contributed by atoms with Crippen LogP contribution in [0.15, 0.2) is 36.4 Å². The number of ketones is 1. The summed E-state index contributed by atoms with van der Waals surface area (Å²) in [6.45, 7) is 10.5. The molecule has 0 spiro atoms. The van der Waals surface area contributed by atoms with Crippen LogP contribution in [0.4, 0.5) is 4.79 Å². The maximum absolute atomic E-state index is 12.0. The molecule has 0 aliphatic carbocycles. The molecule has 1 amide bonds. The van der Waals surface area contributed by atoms with Gasteiger partial charge >= 0.3 is 6.09 Å². The molecule has 0 aliphatic rings. The van der Waals surface area contributed by atoms with Gasteiger partial charge in [-0.05, 0) is 45.4 Å². The van der Waals surface area contributed by atoms with Crippen LogP contribution in [0.3, 0.4) is 0 Å². The second-order valence-corrected chi connectivity index (χ2v) is 5.93. The first-order chi connectivity index (χ1) is 10.1. The fourth-order valence-electron chi connectivity index (χ4n) is 1.80. The fraction of sp³-hybridized carbons (Fsp3) is 0.412. The molecule has 0 bridgehead atoms. The highest BCUT2D eigenvalue weighted by molar-refractivity contribution is 5.94. The summed E-state index contributed by atoms with van der Waals surface area (Å²) < 4.78 is 10.3. The third kappa shape index (κ3) is 5.24. The summed E-state index contributed by atoms with van der Waals surface area (Å²) in [6.07, 6.45) is -0.601. The van der Waals surface area contributed by atoms with Crippen LogP contribution in [0.2, 0.25) is 0 Å². The van der Waals surface area contributed by atoms with Crippen LogP contribution in [0.25, 0.3) is 0 Å². The molecular weight excluding hydrogens is 282 g/mol. The molecule has 0 aliphatic heterocycles. The number of ether oxygens (including phenoxy) is 2. The van der Waals surface area contributed by atoms with Crippen LogP contribution in [0.1, 0.15) is 39.3 Å². The number of nitrogens with one attached hydrogen (secondary N) is 1. The first kappa shape index (κ1) is 17.8. The van der Waals surface area contributed by atoms with Crippen molar-refractivity contribution in [3.63, 3.8) is 0 Å². The lowest BCUT2D eigenvalue weighted by Crippen LogP contribution is -2.36. The molecule has 0 heterocycles. The number of methoxy groups -OCH3 is 1. The number of Topliss-reactive ketones (excluding diaryl/α,β-unsaturated/α-hetero) is 1. The Bertz CT molecular complexity index is 555. The molecule has 5 heteroatoms. The Labute approximate surface area is 131 Å². The van der Waals surface area contributed by atoms with E-state index in [0.717, 1.165) is 5.56 Å². The van der Waals surface area contributed by atoms with Gasteiger partial charge in [0.15, 0.2) is 5.78 Å². The van der Waals surface area contributed by atoms with Crippen molar-refractivity contribution in [2.75, 3.05) is 7.11 Å². The zero-order chi connectivity index (χ0) is 16.9. The fourth-order valence-corrected chi connectivity index (χ4v) is 1.80. The molecule has 1 aromatic rings. The van der Waals surface area contributed by atoms with E-state index in [1.165, 1.54) is 6.92 Å². The number of benzene rings is 1. The highest BCUT2D eigenvalue weighted by Gasteiger charge is 2.24. The number of carbonyl (C=O) groups is 2. The maximum Gasteiger partial charge on any atom is 0.408 e. The normalized spacial score (nSPS) is 12.2. The Morgan fingerprint density at radius 1 is 1.18 bits per heavy atom. The Morgan fingerprint density at radius 3 is 2.14 bits per heavy atom. The number of amides is 1. The average molecular weight is 305 g/mol. The van der Waals surface area contributed by atoms with E-state index in [1.54, 1.807) is 52.1 Å². The quantitative estimate of drug-likeness (QED) is 0.847. The highest BCUT2D eigenvalue weighted by atomic mass is 16.6. The molecule has 5 nitrogen and oxygen atoms in total. The molecule has 1 rings (SSSR count). The molecule has 1 aromatic carbocycles. The number of alkyl carbamates (subject to hydrolysis) is 1. The molecule has 0 radical (unpaired) electrons. The first-order valence-corrected chi connectivity index (χ1v) is 6.97. The van der Waals surface area contributed by atoms with Crippen molar-refractivity contribution in [2.45, 2.75) is 39.3 Å². The van der Waals surface area contributed by atoms with Gasteiger partial charge < -0.3 is 14.8 Å². The van der Waals surface area contributed by atoms with Gasteiger partial charge in [-0.25, -0.2) is 4.79 Å². The van der Waals surface area contributed by atoms with Gasteiger partial charge in [-0.2, -0.15) is 0 Å². The zero-order valence-corrected chi connectivity index (χ0v) is 13.7. The number of hydrogen-bond acceptors (Lipinski definition) is 4. The predicted octanol–water partition coefficient (Wildman–Crippen LogP) is 3.41. The number of hydrogen-bond donors (Lipinski definition) is 1. The largest absolute Gasteiger partial charge is 0.497 e. The van der Waals surface area contributed by atoms with Crippen molar-refractivity contribution in [1.29, 1.82) is 0 Å². The molecule has 120 valence electrons. The van der Waals surface area contributed by atoms with Gasteiger partial charge in [-0.1, -0.05) is 18.7 Å². The monoisotopic (exact) mass is 305 g/mol. The van der Waals surface area contributed by atoms with Crippen LogP contribution in [0.5, 0.6) is 5.75 Å². The van der Waals surface area contributed by atoms with Crippen molar-refractivity contribution in [1.82, 2.24) is 5.32 Å². The summed E-state index contributed by atoms with van der Waals surface area (Å²) in [5.41, 5.74) is 0.398. The summed E-state index contributed by atoms with van der Waals surface area (Å²) in [6, 6.07) is 6.42. The SMILES string of the molecule is C=C(C(C)=O)[C@@H](NC(=O)OC(C)(C)C)c1ccc(OC)cc1.